The highest BCUT2D eigenvalue weighted by Crippen LogP contribution is 2.31. The Balaban J connectivity index is 1.84. The summed E-state index contributed by atoms with van der Waals surface area (Å²) in [6, 6.07) is 13.2. The zero-order valence-electron chi connectivity index (χ0n) is 13.9. The Morgan fingerprint density at radius 3 is 2.88 bits per heavy atom. The van der Waals surface area contributed by atoms with Crippen molar-refractivity contribution in [2.45, 2.75) is 13.8 Å². The molecule has 6 heteroatoms. The molecule has 2 aromatic rings. The SMILES string of the molecule is CCOc1cccc(/C=C2\SC(=Nc3cccc(Cl)c3C)NC2=O)c1. The molecule has 1 N–H and O–H groups in total. The van der Waals surface area contributed by atoms with Crippen LogP contribution in [-0.2, 0) is 4.79 Å². The predicted molar refractivity (Wildman–Crippen MR) is 105 cm³/mol. The number of ether oxygens (including phenoxy) is 1. The molecule has 0 spiro atoms. The molecule has 0 aromatic heterocycles. The molecule has 1 saturated heterocycles. The lowest BCUT2D eigenvalue weighted by atomic mass is 10.2. The first kappa shape index (κ1) is 17.6. The van der Waals surface area contributed by atoms with Crippen molar-refractivity contribution in [2.24, 2.45) is 4.99 Å². The number of nitrogens with one attached hydrogen (secondary N) is 1. The van der Waals surface area contributed by atoms with Gasteiger partial charge in [-0.3, -0.25) is 4.79 Å². The summed E-state index contributed by atoms with van der Waals surface area (Å²) in [5.41, 5.74) is 2.53. The number of thioether (sulfide) groups is 1. The summed E-state index contributed by atoms with van der Waals surface area (Å²) in [5, 5.41) is 3.99. The average Bonchev–Trinajstić information content (AvgIpc) is 2.92. The van der Waals surface area contributed by atoms with Crippen LogP contribution in [0, 0.1) is 6.92 Å². The highest BCUT2D eigenvalue weighted by molar-refractivity contribution is 8.18. The van der Waals surface area contributed by atoms with Crippen LogP contribution in [0.5, 0.6) is 5.75 Å². The maximum Gasteiger partial charge on any atom is 0.264 e. The van der Waals surface area contributed by atoms with Crippen molar-refractivity contribution in [3.8, 4) is 5.75 Å². The third-order valence-electron chi connectivity index (χ3n) is 3.58. The summed E-state index contributed by atoms with van der Waals surface area (Å²) in [6.07, 6.45) is 1.83. The van der Waals surface area contributed by atoms with Gasteiger partial charge in [0.15, 0.2) is 5.17 Å². The van der Waals surface area contributed by atoms with Gasteiger partial charge in [0.2, 0.25) is 0 Å². The molecule has 0 saturated carbocycles. The highest BCUT2D eigenvalue weighted by atomic mass is 35.5. The van der Waals surface area contributed by atoms with Crippen molar-refractivity contribution in [3.63, 3.8) is 0 Å². The first-order valence-electron chi connectivity index (χ1n) is 7.84. The Hall–Kier alpha value is -2.24. The van der Waals surface area contributed by atoms with Crippen molar-refractivity contribution in [1.29, 1.82) is 0 Å². The van der Waals surface area contributed by atoms with Crippen LogP contribution in [0.15, 0.2) is 52.4 Å². The molecule has 128 valence electrons. The molecule has 4 nitrogen and oxygen atoms in total. The van der Waals surface area contributed by atoms with Crippen LogP contribution in [0.25, 0.3) is 6.08 Å². The molecular weight excluding hydrogens is 356 g/mol. The van der Waals surface area contributed by atoms with Gasteiger partial charge in [-0.25, -0.2) is 4.99 Å². The molecule has 0 aliphatic carbocycles. The molecule has 3 rings (SSSR count). The van der Waals surface area contributed by atoms with E-state index in [0.29, 0.717) is 21.7 Å². The fourth-order valence-electron chi connectivity index (χ4n) is 2.32. The number of rotatable bonds is 4. The third kappa shape index (κ3) is 4.24. The first-order chi connectivity index (χ1) is 12.1. The van der Waals surface area contributed by atoms with Gasteiger partial charge in [0.25, 0.3) is 5.91 Å². The lowest BCUT2D eigenvalue weighted by Crippen LogP contribution is -2.19. The molecule has 2 aromatic carbocycles. The van der Waals surface area contributed by atoms with Crippen LogP contribution in [0.3, 0.4) is 0 Å². The summed E-state index contributed by atoms with van der Waals surface area (Å²) in [4.78, 5) is 17.3. The van der Waals surface area contributed by atoms with E-state index in [4.69, 9.17) is 16.3 Å². The van der Waals surface area contributed by atoms with E-state index in [0.717, 1.165) is 22.6 Å². The van der Waals surface area contributed by atoms with E-state index in [9.17, 15) is 4.79 Å². The van der Waals surface area contributed by atoms with Crippen molar-refractivity contribution in [3.05, 3.63) is 63.5 Å². The molecule has 0 bridgehead atoms. The van der Waals surface area contributed by atoms with Gasteiger partial charge in [0.05, 0.1) is 17.2 Å². The molecule has 1 heterocycles. The maximum absolute atomic E-state index is 12.2. The van der Waals surface area contributed by atoms with Crippen molar-refractivity contribution in [2.75, 3.05) is 6.61 Å². The number of benzene rings is 2. The van der Waals surface area contributed by atoms with E-state index in [1.165, 1.54) is 11.8 Å². The van der Waals surface area contributed by atoms with Gasteiger partial charge in [-0.05, 0) is 67.1 Å². The minimum absolute atomic E-state index is 0.162. The Kier molecular flexibility index (Phi) is 5.46. The normalized spacial score (nSPS) is 17.2. The van der Waals surface area contributed by atoms with Gasteiger partial charge in [-0.2, -0.15) is 0 Å². The van der Waals surface area contributed by atoms with Crippen molar-refractivity contribution >= 4 is 46.2 Å². The topological polar surface area (TPSA) is 50.7 Å². The van der Waals surface area contributed by atoms with Gasteiger partial charge >= 0.3 is 0 Å². The number of amidine groups is 1. The van der Waals surface area contributed by atoms with Crippen LogP contribution in [0.4, 0.5) is 5.69 Å². The fraction of sp³-hybridized carbons (Fsp3) is 0.158. The number of hydrogen-bond acceptors (Lipinski definition) is 4. The molecule has 1 fully saturated rings. The van der Waals surface area contributed by atoms with E-state index in [2.05, 4.69) is 10.3 Å². The third-order valence-corrected chi connectivity index (χ3v) is 4.90. The molecule has 0 atom stereocenters. The van der Waals surface area contributed by atoms with Gasteiger partial charge in [0.1, 0.15) is 5.75 Å². The van der Waals surface area contributed by atoms with E-state index in [1.54, 1.807) is 0 Å². The quantitative estimate of drug-likeness (QED) is 0.773. The second-order valence-corrected chi connectivity index (χ2v) is 6.81. The average molecular weight is 373 g/mol. The molecule has 25 heavy (non-hydrogen) atoms. The largest absolute Gasteiger partial charge is 0.494 e. The number of halogens is 1. The van der Waals surface area contributed by atoms with E-state index in [1.807, 2.05) is 62.4 Å². The summed E-state index contributed by atoms with van der Waals surface area (Å²) >= 11 is 7.43. The van der Waals surface area contributed by atoms with E-state index < -0.39 is 0 Å². The zero-order chi connectivity index (χ0) is 17.8. The lowest BCUT2D eigenvalue weighted by molar-refractivity contribution is -0.115. The van der Waals surface area contributed by atoms with E-state index >= 15 is 0 Å². The number of aliphatic imine (C=N–C) groups is 1. The van der Waals surface area contributed by atoms with Gasteiger partial charge in [-0.15, -0.1) is 0 Å². The maximum atomic E-state index is 12.2. The Morgan fingerprint density at radius 1 is 1.28 bits per heavy atom. The number of nitrogens with zero attached hydrogens (tertiary/aromatic N) is 1. The number of carbonyl (C=O) groups excluding carboxylic acids is 1. The molecule has 1 aliphatic rings. The second-order valence-electron chi connectivity index (χ2n) is 5.37. The summed E-state index contributed by atoms with van der Waals surface area (Å²) in [5.74, 6) is 0.619. The summed E-state index contributed by atoms with van der Waals surface area (Å²) in [6.45, 7) is 4.44. The monoisotopic (exact) mass is 372 g/mol. The van der Waals surface area contributed by atoms with Gasteiger partial charge in [-0.1, -0.05) is 29.8 Å². The molecular formula is C19H17ClN2O2S. The highest BCUT2D eigenvalue weighted by Gasteiger charge is 2.24. The van der Waals surface area contributed by atoms with Crippen molar-refractivity contribution in [1.82, 2.24) is 5.32 Å². The van der Waals surface area contributed by atoms with Crippen LogP contribution in [0.2, 0.25) is 5.02 Å². The first-order valence-corrected chi connectivity index (χ1v) is 9.04. The minimum Gasteiger partial charge on any atom is -0.494 e. The fourth-order valence-corrected chi connectivity index (χ4v) is 3.32. The molecule has 1 amide bonds. The number of amides is 1. The Bertz CT molecular complexity index is 877. The Labute approximate surface area is 155 Å². The molecule has 0 radical (unpaired) electrons. The number of carbonyl (C=O) groups is 1. The van der Waals surface area contributed by atoms with Crippen LogP contribution in [-0.4, -0.2) is 17.7 Å². The smallest absolute Gasteiger partial charge is 0.264 e. The van der Waals surface area contributed by atoms with Crippen LogP contribution < -0.4 is 10.1 Å². The number of hydrogen-bond donors (Lipinski definition) is 1. The molecule has 1 aliphatic heterocycles. The standard InChI is InChI=1S/C19H17ClN2O2S/c1-3-24-14-7-4-6-13(10-14)11-17-18(23)22-19(25-17)21-16-9-5-8-15(20)12(16)2/h4-11H,3H2,1-2H3,(H,21,22,23)/b17-11-. The van der Waals surface area contributed by atoms with E-state index in [-0.39, 0.29) is 5.91 Å². The van der Waals surface area contributed by atoms with Crippen molar-refractivity contribution < 1.29 is 9.53 Å². The van der Waals surface area contributed by atoms with Crippen LogP contribution >= 0.6 is 23.4 Å². The summed E-state index contributed by atoms with van der Waals surface area (Å²) in [7, 11) is 0. The van der Waals surface area contributed by atoms with Crippen LogP contribution in [0.1, 0.15) is 18.1 Å². The lowest BCUT2D eigenvalue weighted by Gasteiger charge is -2.03. The predicted octanol–water partition coefficient (Wildman–Crippen LogP) is 4.94. The van der Waals surface area contributed by atoms with Gasteiger partial charge in [0, 0.05) is 5.02 Å². The second kappa shape index (κ2) is 7.76. The summed E-state index contributed by atoms with van der Waals surface area (Å²) < 4.78 is 5.49. The zero-order valence-corrected chi connectivity index (χ0v) is 15.4. The minimum atomic E-state index is -0.162. The molecule has 0 unspecified atom stereocenters. The Morgan fingerprint density at radius 2 is 2.08 bits per heavy atom. The van der Waals surface area contributed by atoms with Gasteiger partial charge < -0.3 is 10.1 Å².